The predicted octanol–water partition coefficient (Wildman–Crippen LogP) is 3.88. The average Bonchev–Trinajstić information content (AvgIpc) is 2.87. The molecule has 4 nitrogen and oxygen atoms in total. The number of cyclic esters (lactones) is 1. The molecule has 2 aromatic rings. The Morgan fingerprint density at radius 2 is 2.14 bits per heavy atom. The van der Waals surface area contributed by atoms with Gasteiger partial charge in [0.2, 0.25) is 0 Å². The fourth-order valence-electron chi connectivity index (χ4n) is 3.19. The molecule has 0 fully saturated rings. The minimum atomic E-state index is -0.631. The number of aromatic amines is 1. The summed E-state index contributed by atoms with van der Waals surface area (Å²) in [5.41, 5.74) is 1.69. The number of aliphatic hydroxyl groups excluding tert-OH is 1. The van der Waals surface area contributed by atoms with Gasteiger partial charge in [-0.2, -0.15) is 0 Å². The van der Waals surface area contributed by atoms with Crippen molar-refractivity contribution in [1.82, 2.24) is 4.98 Å². The summed E-state index contributed by atoms with van der Waals surface area (Å²) < 4.78 is 5.63. The molecule has 1 atom stereocenters. The van der Waals surface area contributed by atoms with E-state index in [4.69, 9.17) is 4.74 Å². The van der Waals surface area contributed by atoms with E-state index < -0.39 is 11.6 Å². The van der Waals surface area contributed by atoms with E-state index in [2.05, 4.69) is 11.1 Å². The molecule has 0 saturated carbocycles. The molecular formula is C18H21NO3. The van der Waals surface area contributed by atoms with Crippen LogP contribution in [0.3, 0.4) is 0 Å². The first kappa shape index (κ1) is 14.7. The molecule has 3 rings (SSSR count). The zero-order valence-corrected chi connectivity index (χ0v) is 12.9. The molecule has 1 aromatic heterocycles. The van der Waals surface area contributed by atoms with E-state index in [1.54, 1.807) is 0 Å². The number of carbonyl (C=O) groups excluding carboxylic acids is 1. The van der Waals surface area contributed by atoms with Crippen LogP contribution < -0.4 is 0 Å². The highest BCUT2D eigenvalue weighted by molar-refractivity contribution is 5.84. The Balaban J connectivity index is 1.84. The van der Waals surface area contributed by atoms with E-state index in [0.29, 0.717) is 12.8 Å². The van der Waals surface area contributed by atoms with Crippen LogP contribution in [-0.4, -0.2) is 21.7 Å². The number of aliphatic hydroxyl groups is 1. The Morgan fingerprint density at radius 3 is 2.86 bits per heavy atom. The van der Waals surface area contributed by atoms with Gasteiger partial charge >= 0.3 is 5.97 Å². The first-order valence-corrected chi connectivity index (χ1v) is 7.68. The summed E-state index contributed by atoms with van der Waals surface area (Å²) in [7, 11) is 0. The molecule has 1 aliphatic rings. The monoisotopic (exact) mass is 299 g/mol. The Labute approximate surface area is 129 Å². The van der Waals surface area contributed by atoms with Crippen LogP contribution in [0.2, 0.25) is 0 Å². The van der Waals surface area contributed by atoms with Crippen molar-refractivity contribution >= 4 is 16.9 Å². The zero-order valence-electron chi connectivity index (χ0n) is 12.9. The molecule has 1 aromatic carbocycles. The molecule has 0 amide bonds. The minimum Gasteiger partial charge on any atom is -0.512 e. The topological polar surface area (TPSA) is 62.3 Å². The second kappa shape index (κ2) is 5.52. The molecule has 1 aliphatic heterocycles. The van der Waals surface area contributed by atoms with Crippen molar-refractivity contribution in [3.8, 4) is 0 Å². The number of rotatable bonds is 4. The van der Waals surface area contributed by atoms with Crippen LogP contribution in [0, 0.1) is 5.92 Å². The lowest BCUT2D eigenvalue weighted by Crippen LogP contribution is -2.43. The van der Waals surface area contributed by atoms with Gasteiger partial charge < -0.3 is 14.8 Å². The number of benzene rings is 1. The lowest BCUT2D eigenvalue weighted by molar-refractivity contribution is -0.163. The van der Waals surface area contributed by atoms with E-state index in [9.17, 15) is 9.90 Å². The number of para-hydroxylation sites is 1. The van der Waals surface area contributed by atoms with Crippen LogP contribution in [0.15, 0.2) is 42.3 Å². The summed E-state index contributed by atoms with van der Waals surface area (Å²) in [6.45, 7) is 4.06. The van der Waals surface area contributed by atoms with E-state index in [0.717, 1.165) is 11.9 Å². The van der Waals surface area contributed by atoms with Gasteiger partial charge in [0.05, 0.1) is 6.08 Å². The molecule has 2 heterocycles. The molecule has 0 bridgehead atoms. The van der Waals surface area contributed by atoms with Crippen molar-refractivity contribution in [3.63, 3.8) is 0 Å². The summed E-state index contributed by atoms with van der Waals surface area (Å²) >= 11 is 0. The van der Waals surface area contributed by atoms with Crippen molar-refractivity contribution in [1.29, 1.82) is 0 Å². The standard InChI is InChI=1S/C18H21NO3/c1-12(2)18(10-14(20)9-17(21)22-18)8-7-13-11-19-16-6-4-3-5-15(13)16/h3-6,9,11-12,19-20H,7-8,10H2,1-2H3. The van der Waals surface area contributed by atoms with Crippen LogP contribution >= 0.6 is 0 Å². The first-order chi connectivity index (χ1) is 10.5. The van der Waals surface area contributed by atoms with E-state index in [1.165, 1.54) is 17.0 Å². The quantitative estimate of drug-likeness (QED) is 0.842. The van der Waals surface area contributed by atoms with Crippen LogP contribution in [0.5, 0.6) is 0 Å². The summed E-state index contributed by atoms with van der Waals surface area (Å²) in [6.07, 6.45) is 5.06. The predicted molar refractivity (Wildman–Crippen MR) is 85.6 cm³/mol. The molecule has 0 saturated heterocycles. The average molecular weight is 299 g/mol. The molecule has 2 N–H and O–H groups in total. The fourth-order valence-corrected chi connectivity index (χ4v) is 3.19. The molecule has 1 unspecified atom stereocenters. The molecule has 0 radical (unpaired) electrons. The lowest BCUT2D eigenvalue weighted by atomic mass is 9.80. The van der Waals surface area contributed by atoms with Crippen molar-refractivity contribution in [2.24, 2.45) is 5.92 Å². The number of H-pyrrole nitrogens is 1. The van der Waals surface area contributed by atoms with Crippen LogP contribution in [0.1, 0.15) is 32.3 Å². The minimum absolute atomic E-state index is 0.115. The molecule has 116 valence electrons. The Hall–Kier alpha value is -2.23. The van der Waals surface area contributed by atoms with Gasteiger partial charge in [-0.1, -0.05) is 32.0 Å². The second-order valence-corrected chi connectivity index (χ2v) is 6.31. The van der Waals surface area contributed by atoms with Gasteiger partial charge in [-0.15, -0.1) is 0 Å². The van der Waals surface area contributed by atoms with Gasteiger partial charge in [0.25, 0.3) is 0 Å². The summed E-state index contributed by atoms with van der Waals surface area (Å²) in [4.78, 5) is 15.0. The molecular weight excluding hydrogens is 278 g/mol. The number of nitrogens with one attached hydrogen (secondary N) is 1. The van der Waals surface area contributed by atoms with Crippen molar-refractivity contribution < 1.29 is 14.6 Å². The van der Waals surface area contributed by atoms with Crippen molar-refractivity contribution in [3.05, 3.63) is 47.9 Å². The fraction of sp³-hybridized carbons (Fsp3) is 0.389. The van der Waals surface area contributed by atoms with Gasteiger partial charge in [-0.25, -0.2) is 4.79 Å². The smallest absolute Gasteiger partial charge is 0.334 e. The lowest BCUT2D eigenvalue weighted by Gasteiger charge is -2.39. The van der Waals surface area contributed by atoms with E-state index in [1.807, 2.05) is 38.2 Å². The number of ether oxygens (including phenoxy) is 1. The SMILES string of the molecule is CC(C)C1(CCc2c[nH]c3ccccc23)CC(O)=CC(=O)O1. The number of carbonyl (C=O) groups is 1. The van der Waals surface area contributed by atoms with Gasteiger partial charge in [-0.05, 0) is 30.4 Å². The maximum Gasteiger partial charge on any atom is 0.334 e. The van der Waals surface area contributed by atoms with E-state index in [-0.39, 0.29) is 11.7 Å². The number of aryl methyl sites for hydroxylation is 1. The normalized spacial score (nSPS) is 22.0. The Kier molecular flexibility index (Phi) is 3.69. The second-order valence-electron chi connectivity index (χ2n) is 6.31. The number of esters is 1. The highest BCUT2D eigenvalue weighted by Crippen LogP contribution is 2.37. The van der Waals surface area contributed by atoms with Crippen molar-refractivity contribution in [2.75, 3.05) is 0 Å². The maximum absolute atomic E-state index is 11.7. The number of fused-ring (bicyclic) bond motifs is 1. The highest BCUT2D eigenvalue weighted by atomic mass is 16.6. The summed E-state index contributed by atoms with van der Waals surface area (Å²) in [5.74, 6) is -0.197. The molecule has 0 aliphatic carbocycles. The van der Waals surface area contributed by atoms with Crippen molar-refractivity contribution in [2.45, 2.75) is 38.7 Å². The molecule has 22 heavy (non-hydrogen) atoms. The third-order valence-corrected chi connectivity index (χ3v) is 4.61. The van der Waals surface area contributed by atoms with Gasteiger partial charge in [0, 0.05) is 23.5 Å². The van der Waals surface area contributed by atoms with Crippen LogP contribution in [0.4, 0.5) is 0 Å². The first-order valence-electron chi connectivity index (χ1n) is 7.68. The highest BCUT2D eigenvalue weighted by Gasteiger charge is 2.41. The summed E-state index contributed by atoms with van der Waals surface area (Å²) in [6, 6.07) is 8.16. The third-order valence-electron chi connectivity index (χ3n) is 4.61. The third kappa shape index (κ3) is 2.61. The van der Waals surface area contributed by atoms with E-state index >= 15 is 0 Å². The number of hydrogen-bond acceptors (Lipinski definition) is 3. The summed E-state index contributed by atoms with van der Waals surface area (Å²) in [5, 5.41) is 11.0. The Morgan fingerprint density at radius 1 is 1.36 bits per heavy atom. The largest absolute Gasteiger partial charge is 0.512 e. The number of aromatic nitrogens is 1. The zero-order chi connectivity index (χ0) is 15.7. The molecule has 4 heteroatoms. The van der Waals surface area contributed by atoms with Gasteiger partial charge in [-0.3, -0.25) is 0 Å². The van der Waals surface area contributed by atoms with Crippen LogP contribution in [-0.2, 0) is 16.0 Å². The van der Waals surface area contributed by atoms with Crippen LogP contribution in [0.25, 0.3) is 10.9 Å². The Bertz CT molecular complexity index is 729. The van der Waals surface area contributed by atoms with Gasteiger partial charge in [0.15, 0.2) is 0 Å². The van der Waals surface area contributed by atoms with Gasteiger partial charge in [0.1, 0.15) is 11.4 Å². The molecule has 0 spiro atoms. The maximum atomic E-state index is 11.7. The number of hydrogen-bond donors (Lipinski definition) is 2.